The molecule has 1 atom stereocenters. The number of methoxy groups -OCH3 is 2. The predicted molar refractivity (Wildman–Crippen MR) is 86.1 cm³/mol. The number of ether oxygens (including phenoxy) is 2. The Morgan fingerprint density at radius 3 is 2.17 bits per heavy atom. The number of nitro benzene ring substituents is 1. The van der Waals surface area contributed by atoms with Crippen LogP contribution in [0.5, 0.6) is 11.5 Å². The fraction of sp³-hybridized carbons (Fsp3) is 0.250. The van der Waals surface area contributed by atoms with Gasteiger partial charge in [0, 0.05) is 30.4 Å². The van der Waals surface area contributed by atoms with E-state index in [2.05, 4.69) is 5.32 Å². The molecule has 0 saturated heterocycles. The number of hydrogen-bond donors (Lipinski definition) is 2. The maximum atomic E-state index is 10.6. The highest BCUT2D eigenvalue weighted by molar-refractivity contribution is 5.49. The van der Waals surface area contributed by atoms with Crippen LogP contribution in [0.3, 0.4) is 0 Å². The second-order valence-electron chi connectivity index (χ2n) is 4.85. The van der Waals surface area contributed by atoms with Gasteiger partial charge in [0.25, 0.3) is 5.69 Å². The van der Waals surface area contributed by atoms with Crippen LogP contribution < -0.4 is 14.8 Å². The molecular weight excluding hydrogens is 300 g/mol. The van der Waals surface area contributed by atoms with Gasteiger partial charge in [-0.15, -0.1) is 0 Å². The van der Waals surface area contributed by atoms with Crippen molar-refractivity contribution < 1.29 is 19.5 Å². The molecule has 0 aliphatic rings. The van der Waals surface area contributed by atoms with Crippen molar-refractivity contribution in [3.63, 3.8) is 0 Å². The SMILES string of the molecule is COc1cc(OC)cc(C(O)CNc2ccc([N+](=O)[O-])cc2)c1. The van der Waals surface area contributed by atoms with E-state index in [0.717, 1.165) is 0 Å². The third-order valence-corrected chi connectivity index (χ3v) is 3.34. The molecule has 0 fully saturated rings. The summed E-state index contributed by atoms with van der Waals surface area (Å²) in [6, 6.07) is 11.2. The van der Waals surface area contributed by atoms with E-state index in [-0.39, 0.29) is 12.2 Å². The number of nitrogens with zero attached hydrogens (tertiary/aromatic N) is 1. The lowest BCUT2D eigenvalue weighted by Gasteiger charge is -2.15. The molecule has 7 heteroatoms. The average molecular weight is 318 g/mol. The van der Waals surface area contributed by atoms with Gasteiger partial charge in [0.15, 0.2) is 0 Å². The van der Waals surface area contributed by atoms with Gasteiger partial charge in [-0.3, -0.25) is 10.1 Å². The lowest BCUT2D eigenvalue weighted by molar-refractivity contribution is -0.384. The zero-order chi connectivity index (χ0) is 16.8. The number of aliphatic hydroxyl groups excluding tert-OH is 1. The van der Waals surface area contributed by atoms with Crippen molar-refractivity contribution in [2.24, 2.45) is 0 Å². The monoisotopic (exact) mass is 318 g/mol. The topological polar surface area (TPSA) is 93.9 Å². The van der Waals surface area contributed by atoms with Crippen molar-refractivity contribution >= 4 is 11.4 Å². The van der Waals surface area contributed by atoms with Crippen molar-refractivity contribution in [1.82, 2.24) is 0 Å². The molecule has 7 nitrogen and oxygen atoms in total. The Morgan fingerprint density at radius 2 is 1.70 bits per heavy atom. The van der Waals surface area contributed by atoms with Crippen molar-refractivity contribution in [3.05, 3.63) is 58.1 Å². The van der Waals surface area contributed by atoms with Crippen LogP contribution in [0.1, 0.15) is 11.7 Å². The summed E-state index contributed by atoms with van der Waals surface area (Å²) in [5, 5.41) is 23.9. The molecule has 0 heterocycles. The molecule has 0 radical (unpaired) electrons. The summed E-state index contributed by atoms with van der Waals surface area (Å²) in [6.45, 7) is 0.244. The fourth-order valence-electron chi connectivity index (χ4n) is 2.06. The molecule has 2 rings (SSSR count). The molecule has 2 N–H and O–H groups in total. The Balaban J connectivity index is 2.04. The van der Waals surface area contributed by atoms with Crippen LogP contribution in [-0.2, 0) is 0 Å². The van der Waals surface area contributed by atoms with Crippen LogP contribution in [0.4, 0.5) is 11.4 Å². The molecule has 23 heavy (non-hydrogen) atoms. The van der Waals surface area contributed by atoms with Crippen molar-refractivity contribution in [2.45, 2.75) is 6.10 Å². The summed E-state index contributed by atoms with van der Waals surface area (Å²) < 4.78 is 10.3. The van der Waals surface area contributed by atoms with Gasteiger partial charge < -0.3 is 19.9 Å². The zero-order valence-corrected chi connectivity index (χ0v) is 12.9. The summed E-state index contributed by atoms with van der Waals surface area (Å²) >= 11 is 0. The molecule has 2 aromatic rings. The highest BCUT2D eigenvalue weighted by Crippen LogP contribution is 2.26. The number of rotatable bonds is 7. The van der Waals surface area contributed by atoms with Gasteiger partial charge in [0.05, 0.1) is 25.2 Å². The predicted octanol–water partition coefficient (Wildman–Crippen LogP) is 2.76. The van der Waals surface area contributed by atoms with Gasteiger partial charge in [-0.1, -0.05) is 0 Å². The van der Waals surface area contributed by atoms with Crippen molar-refractivity contribution in [3.8, 4) is 11.5 Å². The second-order valence-corrected chi connectivity index (χ2v) is 4.85. The minimum absolute atomic E-state index is 0.0219. The third kappa shape index (κ3) is 4.33. The first-order valence-corrected chi connectivity index (χ1v) is 6.93. The first-order valence-electron chi connectivity index (χ1n) is 6.93. The third-order valence-electron chi connectivity index (χ3n) is 3.34. The minimum Gasteiger partial charge on any atom is -0.497 e. The van der Waals surface area contributed by atoms with E-state index in [1.165, 1.54) is 12.1 Å². The maximum Gasteiger partial charge on any atom is 0.269 e. The molecule has 0 spiro atoms. The van der Waals surface area contributed by atoms with Crippen LogP contribution in [0.2, 0.25) is 0 Å². The van der Waals surface area contributed by atoms with Crippen LogP contribution >= 0.6 is 0 Å². The van der Waals surface area contributed by atoms with E-state index in [9.17, 15) is 15.2 Å². The summed E-state index contributed by atoms with van der Waals surface area (Å²) in [7, 11) is 3.08. The number of aliphatic hydroxyl groups is 1. The Hall–Kier alpha value is -2.80. The van der Waals surface area contributed by atoms with Gasteiger partial charge in [-0.05, 0) is 29.8 Å². The molecule has 122 valence electrons. The second kappa shape index (κ2) is 7.46. The van der Waals surface area contributed by atoms with Gasteiger partial charge >= 0.3 is 0 Å². The number of non-ortho nitro benzene ring substituents is 1. The van der Waals surface area contributed by atoms with E-state index in [4.69, 9.17) is 9.47 Å². The van der Waals surface area contributed by atoms with Gasteiger partial charge in [-0.25, -0.2) is 0 Å². The van der Waals surface area contributed by atoms with E-state index in [0.29, 0.717) is 22.7 Å². The normalized spacial score (nSPS) is 11.6. The first-order chi connectivity index (χ1) is 11.0. The standard InChI is InChI=1S/C16H18N2O5/c1-22-14-7-11(8-15(9-14)23-2)16(19)10-17-12-3-5-13(6-4-12)18(20)21/h3-9,16-17,19H,10H2,1-2H3. The van der Waals surface area contributed by atoms with E-state index in [1.54, 1.807) is 44.6 Å². The number of anilines is 1. The molecule has 2 aromatic carbocycles. The minimum atomic E-state index is -0.783. The maximum absolute atomic E-state index is 10.6. The quantitative estimate of drug-likeness (QED) is 0.602. The summed E-state index contributed by atoms with van der Waals surface area (Å²) in [4.78, 5) is 10.1. The van der Waals surface area contributed by atoms with Crippen molar-refractivity contribution in [2.75, 3.05) is 26.1 Å². The highest BCUT2D eigenvalue weighted by atomic mass is 16.6. The molecule has 0 aliphatic carbocycles. The molecular formula is C16H18N2O5. The Morgan fingerprint density at radius 1 is 1.13 bits per heavy atom. The number of hydrogen-bond acceptors (Lipinski definition) is 6. The number of nitrogens with one attached hydrogen (secondary N) is 1. The van der Waals surface area contributed by atoms with Gasteiger partial charge in [0.2, 0.25) is 0 Å². The zero-order valence-electron chi connectivity index (χ0n) is 12.9. The first kappa shape index (κ1) is 16.6. The smallest absolute Gasteiger partial charge is 0.269 e. The fourth-order valence-corrected chi connectivity index (χ4v) is 2.06. The molecule has 0 aromatic heterocycles. The molecule has 0 saturated carbocycles. The molecule has 0 bridgehead atoms. The Bertz CT molecular complexity index is 650. The Labute approximate surface area is 133 Å². The van der Waals surface area contributed by atoms with E-state index < -0.39 is 11.0 Å². The summed E-state index contributed by atoms with van der Waals surface area (Å²) in [6.07, 6.45) is -0.783. The van der Waals surface area contributed by atoms with Crippen LogP contribution in [0, 0.1) is 10.1 Å². The molecule has 1 unspecified atom stereocenters. The number of benzene rings is 2. The van der Waals surface area contributed by atoms with Gasteiger partial charge in [-0.2, -0.15) is 0 Å². The van der Waals surface area contributed by atoms with E-state index in [1.807, 2.05) is 0 Å². The highest BCUT2D eigenvalue weighted by Gasteiger charge is 2.11. The summed E-state index contributed by atoms with van der Waals surface area (Å²) in [5.41, 5.74) is 1.36. The van der Waals surface area contributed by atoms with Crippen LogP contribution in [0.15, 0.2) is 42.5 Å². The lowest BCUT2D eigenvalue weighted by Crippen LogP contribution is -2.12. The largest absolute Gasteiger partial charge is 0.497 e. The van der Waals surface area contributed by atoms with Gasteiger partial charge in [0.1, 0.15) is 11.5 Å². The van der Waals surface area contributed by atoms with Crippen LogP contribution in [-0.4, -0.2) is 30.8 Å². The Kier molecular flexibility index (Phi) is 5.37. The lowest BCUT2D eigenvalue weighted by atomic mass is 10.1. The summed E-state index contributed by atoms with van der Waals surface area (Å²) in [5.74, 6) is 1.18. The van der Waals surface area contributed by atoms with Crippen molar-refractivity contribution in [1.29, 1.82) is 0 Å². The van der Waals surface area contributed by atoms with E-state index >= 15 is 0 Å². The average Bonchev–Trinajstić information content (AvgIpc) is 2.59. The number of nitro groups is 1. The molecule has 0 aliphatic heterocycles. The van der Waals surface area contributed by atoms with Crippen LogP contribution in [0.25, 0.3) is 0 Å². The molecule has 0 amide bonds.